The first-order chi connectivity index (χ1) is 15.8. The summed E-state index contributed by atoms with van der Waals surface area (Å²) in [4.78, 5) is 17.3. The van der Waals surface area contributed by atoms with Crippen LogP contribution in [0.2, 0.25) is 0 Å². The smallest absolute Gasteiger partial charge is 0.243 e. The third kappa shape index (κ3) is 5.55. The molecule has 0 bridgehead atoms. The summed E-state index contributed by atoms with van der Waals surface area (Å²) in [5.74, 6) is -0.0130. The van der Waals surface area contributed by atoms with Gasteiger partial charge in [0, 0.05) is 25.3 Å². The van der Waals surface area contributed by atoms with Gasteiger partial charge in [0.25, 0.3) is 0 Å². The van der Waals surface area contributed by atoms with Crippen molar-refractivity contribution >= 4 is 44.4 Å². The van der Waals surface area contributed by atoms with E-state index < -0.39 is 10.0 Å². The Morgan fingerprint density at radius 1 is 1.15 bits per heavy atom. The van der Waals surface area contributed by atoms with Crippen molar-refractivity contribution in [3.63, 3.8) is 0 Å². The fraction of sp³-hybridized carbons (Fsp3) is 0.348. The van der Waals surface area contributed by atoms with E-state index in [1.807, 2.05) is 37.5 Å². The number of imidazole rings is 1. The van der Waals surface area contributed by atoms with Gasteiger partial charge in [0.1, 0.15) is 0 Å². The Morgan fingerprint density at radius 3 is 2.45 bits per heavy atom. The van der Waals surface area contributed by atoms with Crippen LogP contribution in [0.15, 0.2) is 52.5 Å². The van der Waals surface area contributed by atoms with Crippen molar-refractivity contribution in [1.82, 2.24) is 13.9 Å². The van der Waals surface area contributed by atoms with Gasteiger partial charge in [-0.25, -0.2) is 13.4 Å². The van der Waals surface area contributed by atoms with Crippen molar-refractivity contribution < 1.29 is 13.2 Å². The first-order valence-corrected chi connectivity index (χ1v) is 13.2. The lowest BCUT2D eigenvalue weighted by molar-refractivity contribution is -0.113. The van der Waals surface area contributed by atoms with E-state index >= 15 is 0 Å². The van der Waals surface area contributed by atoms with E-state index in [-0.39, 0.29) is 16.6 Å². The fourth-order valence-corrected chi connectivity index (χ4v) is 5.86. The highest BCUT2D eigenvalue weighted by Gasteiger charge is 2.23. The maximum Gasteiger partial charge on any atom is 0.243 e. The molecular weight excluding hydrogens is 458 g/mol. The van der Waals surface area contributed by atoms with Gasteiger partial charge in [-0.3, -0.25) is 4.79 Å². The molecule has 2 aromatic carbocycles. The number of anilines is 1. The van der Waals surface area contributed by atoms with Crippen LogP contribution >= 0.6 is 11.8 Å². The second kappa shape index (κ2) is 10.8. The highest BCUT2D eigenvalue weighted by atomic mass is 32.2. The number of hydrogen-bond donors (Lipinski definition) is 1. The topological polar surface area (TPSA) is 108 Å². The largest absolute Gasteiger partial charge is 0.325 e. The zero-order chi connectivity index (χ0) is 24.0. The minimum absolute atomic E-state index is 0.161. The van der Waals surface area contributed by atoms with Crippen molar-refractivity contribution in [1.29, 1.82) is 5.26 Å². The van der Waals surface area contributed by atoms with E-state index in [0.29, 0.717) is 42.4 Å². The van der Waals surface area contributed by atoms with Gasteiger partial charge in [-0.15, -0.1) is 0 Å². The molecule has 0 atom stereocenters. The van der Waals surface area contributed by atoms with Gasteiger partial charge in [0.2, 0.25) is 15.9 Å². The first kappa shape index (κ1) is 24.8. The van der Waals surface area contributed by atoms with Gasteiger partial charge in [-0.2, -0.15) is 9.57 Å². The zero-order valence-corrected chi connectivity index (χ0v) is 20.5. The standard InChI is InChI=1S/C23H27N5O3S2/c1-4-27(5-2)33(30,31)19-11-12-21-20(15-19)26-23(28(21)6-3)32-16-22(29)25-18-9-7-17(8-10-18)13-14-24/h7-12,15H,4-6,13,16H2,1-3H3,(H,25,29). The van der Waals surface area contributed by atoms with Crippen molar-refractivity contribution in [3.8, 4) is 6.07 Å². The minimum atomic E-state index is -3.57. The van der Waals surface area contributed by atoms with Crippen LogP contribution in [0.5, 0.6) is 0 Å². The van der Waals surface area contributed by atoms with Crippen LogP contribution in [0, 0.1) is 11.3 Å². The SMILES string of the molecule is CCN(CC)S(=O)(=O)c1ccc2c(c1)nc(SCC(=O)Nc1ccc(CC#N)cc1)n2CC. The Kier molecular flexibility index (Phi) is 8.13. The first-order valence-electron chi connectivity index (χ1n) is 10.7. The van der Waals surface area contributed by atoms with Crippen molar-refractivity contribution in [3.05, 3.63) is 48.0 Å². The number of nitrogens with zero attached hydrogens (tertiary/aromatic N) is 4. The molecule has 0 aliphatic carbocycles. The van der Waals surface area contributed by atoms with Crippen LogP contribution < -0.4 is 5.32 Å². The van der Waals surface area contributed by atoms with Crippen LogP contribution in [0.3, 0.4) is 0 Å². The van der Waals surface area contributed by atoms with E-state index in [9.17, 15) is 13.2 Å². The Balaban J connectivity index is 1.76. The molecule has 0 unspecified atom stereocenters. The number of carbonyl (C=O) groups excluding carboxylic acids is 1. The molecule has 33 heavy (non-hydrogen) atoms. The molecule has 10 heteroatoms. The summed E-state index contributed by atoms with van der Waals surface area (Å²) in [6, 6.07) is 14.2. The Morgan fingerprint density at radius 2 is 1.85 bits per heavy atom. The summed E-state index contributed by atoms with van der Waals surface area (Å²) in [5, 5.41) is 12.2. The summed E-state index contributed by atoms with van der Waals surface area (Å²) in [7, 11) is -3.57. The Bertz CT molecular complexity index is 1270. The van der Waals surface area contributed by atoms with Crippen molar-refractivity contribution in [2.45, 2.75) is 43.8 Å². The number of fused-ring (bicyclic) bond motifs is 1. The van der Waals surface area contributed by atoms with Crippen LogP contribution in [0.1, 0.15) is 26.3 Å². The van der Waals surface area contributed by atoms with Crippen LogP contribution in [0.4, 0.5) is 5.69 Å². The molecule has 3 rings (SSSR count). The molecule has 0 saturated heterocycles. The van der Waals surface area contributed by atoms with E-state index in [2.05, 4.69) is 16.4 Å². The molecule has 0 spiro atoms. The number of hydrogen-bond acceptors (Lipinski definition) is 6. The lowest BCUT2D eigenvalue weighted by Gasteiger charge is -2.18. The van der Waals surface area contributed by atoms with Crippen LogP contribution in [-0.2, 0) is 27.8 Å². The molecule has 0 saturated carbocycles. The third-order valence-electron chi connectivity index (χ3n) is 5.20. The number of aromatic nitrogens is 2. The monoisotopic (exact) mass is 485 g/mol. The van der Waals surface area contributed by atoms with Crippen LogP contribution in [0.25, 0.3) is 11.0 Å². The summed E-state index contributed by atoms with van der Waals surface area (Å²) in [6.45, 7) is 7.05. The maximum absolute atomic E-state index is 12.9. The number of rotatable bonds is 10. The lowest BCUT2D eigenvalue weighted by atomic mass is 10.1. The van der Waals surface area contributed by atoms with Crippen LogP contribution in [-0.4, -0.2) is 47.0 Å². The quantitative estimate of drug-likeness (QED) is 0.437. The number of aryl methyl sites for hydroxylation is 1. The molecule has 1 N–H and O–H groups in total. The number of nitriles is 1. The number of sulfonamides is 1. The van der Waals surface area contributed by atoms with E-state index in [0.717, 1.165) is 11.1 Å². The Labute approximate surface area is 198 Å². The van der Waals surface area contributed by atoms with E-state index in [1.165, 1.54) is 16.1 Å². The summed E-state index contributed by atoms with van der Waals surface area (Å²) >= 11 is 1.30. The van der Waals surface area contributed by atoms with E-state index in [1.54, 1.807) is 30.3 Å². The minimum Gasteiger partial charge on any atom is -0.325 e. The number of thioether (sulfide) groups is 1. The second-order valence-corrected chi connectivity index (χ2v) is 10.1. The zero-order valence-electron chi connectivity index (χ0n) is 18.9. The van der Waals surface area contributed by atoms with Crippen molar-refractivity contribution in [2.75, 3.05) is 24.2 Å². The number of nitrogens with one attached hydrogen (secondary N) is 1. The molecule has 174 valence electrons. The van der Waals surface area contributed by atoms with Crippen molar-refractivity contribution in [2.24, 2.45) is 0 Å². The molecule has 0 aliphatic rings. The predicted octanol–water partition coefficient (Wildman–Crippen LogP) is 3.88. The molecule has 0 fully saturated rings. The average molecular weight is 486 g/mol. The summed E-state index contributed by atoms with van der Waals surface area (Å²) in [5.41, 5.74) is 2.97. The predicted molar refractivity (Wildman–Crippen MR) is 131 cm³/mol. The van der Waals surface area contributed by atoms with Gasteiger partial charge in [-0.1, -0.05) is 37.7 Å². The number of benzene rings is 2. The third-order valence-corrected chi connectivity index (χ3v) is 8.22. The molecule has 0 aliphatic heterocycles. The van der Waals surface area contributed by atoms with Gasteiger partial charge in [0.15, 0.2) is 5.16 Å². The fourth-order valence-electron chi connectivity index (χ4n) is 3.50. The molecule has 1 heterocycles. The average Bonchev–Trinajstić information content (AvgIpc) is 3.16. The number of amides is 1. The molecule has 3 aromatic rings. The second-order valence-electron chi connectivity index (χ2n) is 7.25. The molecule has 1 aromatic heterocycles. The molecule has 0 radical (unpaired) electrons. The van der Waals surface area contributed by atoms with E-state index in [4.69, 9.17) is 5.26 Å². The highest BCUT2D eigenvalue weighted by Crippen LogP contribution is 2.27. The molecule has 1 amide bonds. The summed E-state index contributed by atoms with van der Waals surface area (Å²) < 4.78 is 29.1. The molecular formula is C23H27N5O3S2. The maximum atomic E-state index is 12.9. The van der Waals surface area contributed by atoms with Gasteiger partial charge >= 0.3 is 0 Å². The summed E-state index contributed by atoms with van der Waals surface area (Å²) in [6.07, 6.45) is 0.329. The van der Waals surface area contributed by atoms with Gasteiger partial charge < -0.3 is 9.88 Å². The molecule has 8 nitrogen and oxygen atoms in total. The lowest BCUT2D eigenvalue weighted by Crippen LogP contribution is -2.30. The number of carbonyl (C=O) groups is 1. The normalized spacial score (nSPS) is 11.6. The van der Waals surface area contributed by atoms with Gasteiger partial charge in [-0.05, 0) is 42.8 Å². The highest BCUT2D eigenvalue weighted by molar-refractivity contribution is 7.99. The van der Waals surface area contributed by atoms with Gasteiger partial charge in [0.05, 0.1) is 34.2 Å². The Hall–Kier alpha value is -2.87.